The molecule has 8 rings (SSSR count). The van der Waals surface area contributed by atoms with Gasteiger partial charge in [-0.3, -0.25) is 0 Å². The normalized spacial score (nSPS) is 12.5. The van der Waals surface area contributed by atoms with E-state index in [0.29, 0.717) is 22.6 Å². The Morgan fingerprint density at radius 1 is 0.585 bits per heavy atom. The van der Waals surface area contributed by atoms with Gasteiger partial charge in [-0.15, -0.1) is 0 Å². The van der Waals surface area contributed by atoms with E-state index in [1.54, 1.807) is 38.1 Å². The highest BCUT2D eigenvalue weighted by atomic mass is 16.5. The van der Waals surface area contributed by atoms with Crippen LogP contribution in [0.2, 0.25) is 0 Å². The number of carbonyl (C=O) groups is 2. The van der Waals surface area contributed by atoms with Crippen molar-refractivity contribution < 1.29 is 19.1 Å². The number of esters is 2. The van der Waals surface area contributed by atoms with Crippen molar-refractivity contribution in [1.29, 1.82) is 0 Å². The molecule has 2 aliphatic rings. The molecule has 53 heavy (non-hydrogen) atoms. The molecule has 0 N–H and O–H groups in total. The molecule has 0 saturated heterocycles. The van der Waals surface area contributed by atoms with Crippen molar-refractivity contribution in [3.8, 4) is 33.8 Å². The SMILES string of the molecule is C=C(C)C(=O)Oc1ccc(-c2ccc(N(c3ccc(-c4ccc(OC(=O)C(=C)C)cc4)cc3)c3ccc4ccc5c6c4c3CC=C6CC=C5)cc2)cc1. The van der Waals surface area contributed by atoms with Crippen LogP contribution in [0.15, 0.2) is 158 Å². The Morgan fingerprint density at radius 2 is 1.06 bits per heavy atom. The first-order valence-corrected chi connectivity index (χ1v) is 17.6. The lowest BCUT2D eigenvalue weighted by atomic mass is 9.81. The van der Waals surface area contributed by atoms with Crippen LogP contribution in [0.4, 0.5) is 17.1 Å². The molecule has 0 aromatic heterocycles. The highest BCUT2D eigenvalue weighted by molar-refractivity contribution is 6.06. The largest absolute Gasteiger partial charge is 0.423 e. The zero-order valence-corrected chi connectivity index (χ0v) is 29.7. The maximum atomic E-state index is 12.0. The van der Waals surface area contributed by atoms with Gasteiger partial charge in [0.25, 0.3) is 0 Å². The minimum atomic E-state index is -0.439. The van der Waals surface area contributed by atoms with Gasteiger partial charge in [-0.2, -0.15) is 0 Å². The van der Waals surface area contributed by atoms with Gasteiger partial charge >= 0.3 is 11.9 Å². The van der Waals surface area contributed by atoms with Crippen LogP contribution in [0.3, 0.4) is 0 Å². The van der Waals surface area contributed by atoms with Crippen LogP contribution in [0.1, 0.15) is 37.0 Å². The van der Waals surface area contributed by atoms with E-state index in [4.69, 9.17) is 9.47 Å². The topological polar surface area (TPSA) is 55.8 Å². The third-order valence-electron chi connectivity index (χ3n) is 9.80. The summed E-state index contributed by atoms with van der Waals surface area (Å²) in [5.74, 6) is 0.0860. The molecule has 0 spiro atoms. The lowest BCUT2D eigenvalue weighted by Crippen LogP contribution is -2.14. The Morgan fingerprint density at radius 3 is 1.55 bits per heavy atom. The molecule has 0 fully saturated rings. The number of allylic oxidation sites excluding steroid dienone is 3. The van der Waals surface area contributed by atoms with Gasteiger partial charge in [0.2, 0.25) is 0 Å². The molecule has 0 saturated carbocycles. The monoisotopic (exact) mass is 691 g/mol. The molecule has 0 heterocycles. The van der Waals surface area contributed by atoms with Gasteiger partial charge in [-0.1, -0.05) is 98.1 Å². The first kappa shape index (κ1) is 33.4. The smallest absolute Gasteiger partial charge is 0.338 e. The first-order valence-electron chi connectivity index (χ1n) is 17.6. The van der Waals surface area contributed by atoms with Crippen LogP contribution in [-0.4, -0.2) is 11.9 Å². The number of hydrogen-bond acceptors (Lipinski definition) is 5. The van der Waals surface area contributed by atoms with Gasteiger partial charge in [0, 0.05) is 22.5 Å². The zero-order valence-electron chi connectivity index (χ0n) is 29.7. The number of rotatable bonds is 9. The second-order valence-electron chi connectivity index (χ2n) is 13.5. The zero-order chi connectivity index (χ0) is 36.6. The van der Waals surface area contributed by atoms with Crippen molar-refractivity contribution in [3.05, 3.63) is 174 Å². The van der Waals surface area contributed by atoms with Gasteiger partial charge in [0.05, 0.1) is 5.69 Å². The van der Waals surface area contributed by atoms with E-state index < -0.39 is 11.9 Å². The predicted molar refractivity (Wildman–Crippen MR) is 216 cm³/mol. The van der Waals surface area contributed by atoms with E-state index in [1.165, 1.54) is 33.0 Å². The standard InChI is InChI=1S/C48H37NO4/c1-30(2)47(50)52-41-24-14-34(15-25-41)32-10-20-39(21-11-32)49(40-22-12-33(13-23-40)35-16-26-42(27-17-35)53-48(51)31(3)4)44-29-19-38-9-8-36-6-5-7-37-18-28-43(44)46(38)45(36)37/h5-6,8-27,29H,1,3,7,28H2,2,4H3. The maximum Gasteiger partial charge on any atom is 0.338 e. The molecule has 0 atom stereocenters. The summed E-state index contributed by atoms with van der Waals surface area (Å²) >= 11 is 0. The van der Waals surface area contributed by atoms with E-state index in [0.717, 1.165) is 52.2 Å². The van der Waals surface area contributed by atoms with E-state index in [2.05, 4.69) is 109 Å². The van der Waals surface area contributed by atoms with Crippen molar-refractivity contribution in [3.63, 3.8) is 0 Å². The molecule has 5 nitrogen and oxygen atoms in total. The quantitative estimate of drug-likeness (QED) is 0.0858. The van der Waals surface area contributed by atoms with Gasteiger partial charge in [0.15, 0.2) is 0 Å². The summed E-state index contributed by atoms with van der Waals surface area (Å²) in [6, 6.07) is 41.2. The maximum absolute atomic E-state index is 12.0. The molecule has 258 valence electrons. The molecule has 6 aromatic rings. The first-order chi connectivity index (χ1) is 25.7. The fourth-order valence-electron chi connectivity index (χ4n) is 7.08. The molecule has 0 unspecified atom stereocenters. The Bertz CT molecular complexity index is 2390. The third kappa shape index (κ3) is 6.49. The van der Waals surface area contributed by atoms with Gasteiger partial charge in [-0.25, -0.2) is 9.59 Å². The second-order valence-corrected chi connectivity index (χ2v) is 13.5. The average Bonchev–Trinajstić information content (AvgIpc) is 3.18. The van der Waals surface area contributed by atoms with Gasteiger partial charge in [0.1, 0.15) is 11.5 Å². The lowest BCUT2D eigenvalue weighted by molar-refractivity contribution is -0.130. The number of carbonyl (C=O) groups excluding carboxylic acids is 2. The summed E-state index contributed by atoms with van der Waals surface area (Å²) in [5.41, 5.74) is 13.4. The van der Waals surface area contributed by atoms with Crippen molar-refractivity contribution >= 4 is 51.4 Å². The predicted octanol–water partition coefficient (Wildman–Crippen LogP) is 12.0. The van der Waals surface area contributed by atoms with Crippen LogP contribution >= 0.6 is 0 Å². The minimum absolute atomic E-state index is 0.357. The summed E-state index contributed by atoms with van der Waals surface area (Å²) in [5, 5.41) is 2.59. The number of benzene rings is 6. The van der Waals surface area contributed by atoms with Gasteiger partial charge < -0.3 is 14.4 Å². The highest BCUT2D eigenvalue weighted by Crippen LogP contribution is 2.46. The van der Waals surface area contributed by atoms with E-state index in [1.807, 2.05) is 24.3 Å². The number of hydrogen-bond donors (Lipinski definition) is 0. The van der Waals surface area contributed by atoms with Crippen molar-refractivity contribution in [2.45, 2.75) is 26.7 Å². The highest BCUT2D eigenvalue weighted by Gasteiger charge is 2.25. The minimum Gasteiger partial charge on any atom is -0.423 e. The van der Waals surface area contributed by atoms with Crippen molar-refractivity contribution in [2.24, 2.45) is 0 Å². The number of nitrogens with zero attached hydrogens (tertiary/aromatic N) is 1. The molecular weight excluding hydrogens is 655 g/mol. The third-order valence-corrected chi connectivity index (χ3v) is 9.80. The number of anilines is 3. The summed E-state index contributed by atoms with van der Waals surface area (Å²) in [7, 11) is 0. The fraction of sp³-hybridized carbons (Fsp3) is 0.0833. The van der Waals surface area contributed by atoms with Crippen molar-refractivity contribution in [1.82, 2.24) is 0 Å². The molecular formula is C48H37NO4. The lowest BCUT2D eigenvalue weighted by Gasteiger charge is -2.31. The van der Waals surface area contributed by atoms with Crippen LogP contribution in [-0.2, 0) is 16.0 Å². The van der Waals surface area contributed by atoms with Crippen LogP contribution in [0, 0.1) is 0 Å². The van der Waals surface area contributed by atoms with Crippen LogP contribution < -0.4 is 14.4 Å². The summed E-state index contributed by atoms with van der Waals surface area (Å²) in [4.78, 5) is 26.3. The Hall–Kier alpha value is -6.72. The fourth-order valence-corrected chi connectivity index (χ4v) is 7.08. The molecule has 0 radical (unpaired) electrons. The van der Waals surface area contributed by atoms with E-state index in [9.17, 15) is 9.59 Å². The van der Waals surface area contributed by atoms with Crippen molar-refractivity contribution in [2.75, 3.05) is 4.90 Å². The van der Waals surface area contributed by atoms with Crippen LogP contribution in [0.25, 0.3) is 44.7 Å². The molecule has 0 bridgehead atoms. The van der Waals surface area contributed by atoms with Crippen LogP contribution in [0.5, 0.6) is 11.5 Å². The Kier molecular flexibility index (Phi) is 8.69. The van der Waals surface area contributed by atoms with E-state index >= 15 is 0 Å². The van der Waals surface area contributed by atoms with Gasteiger partial charge in [-0.05, 0) is 137 Å². The summed E-state index contributed by atoms with van der Waals surface area (Å²) < 4.78 is 10.8. The number of ether oxygens (including phenoxy) is 2. The molecule has 0 amide bonds. The molecule has 0 aliphatic heterocycles. The molecule has 2 aliphatic carbocycles. The molecule has 5 heteroatoms. The second kappa shape index (κ2) is 13.8. The Balaban J connectivity index is 1.17. The summed E-state index contributed by atoms with van der Waals surface area (Å²) in [6.07, 6.45) is 8.71. The summed E-state index contributed by atoms with van der Waals surface area (Å²) in [6.45, 7) is 10.6. The average molecular weight is 692 g/mol. The Labute approximate surface area is 309 Å². The van der Waals surface area contributed by atoms with E-state index in [-0.39, 0.29) is 0 Å². The molecule has 6 aromatic carbocycles.